The molecule has 0 spiro atoms. The van der Waals surface area contributed by atoms with E-state index < -0.39 is 10.0 Å². The van der Waals surface area contributed by atoms with Crippen molar-refractivity contribution in [3.63, 3.8) is 0 Å². The lowest BCUT2D eigenvalue weighted by atomic mass is 10.0. The molecule has 3 nitrogen and oxygen atoms in total. The molecule has 0 radical (unpaired) electrons. The van der Waals surface area contributed by atoms with Gasteiger partial charge in [0.25, 0.3) is 10.0 Å². The molecule has 1 unspecified atom stereocenters. The van der Waals surface area contributed by atoms with Crippen molar-refractivity contribution in [3.05, 3.63) is 14.9 Å². The Kier molecular flexibility index (Phi) is 4.75. The van der Waals surface area contributed by atoms with Crippen molar-refractivity contribution in [2.75, 3.05) is 13.1 Å². The fourth-order valence-corrected chi connectivity index (χ4v) is 6.11. The molecule has 0 bridgehead atoms. The van der Waals surface area contributed by atoms with Gasteiger partial charge in [-0.3, -0.25) is 0 Å². The van der Waals surface area contributed by atoms with Gasteiger partial charge in [-0.2, -0.15) is 4.31 Å². The van der Waals surface area contributed by atoms with Crippen molar-refractivity contribution in [1.82, 2.24) is 4.31 Å². The number of hydrogen-bond acceptors (Lipinski definition) is 3. The van der Waals surface area contributed by atoms with E-state index in [0.29, 0.717) is 32.0 Å². The van der Waals surface area contributed by atoms with E-state index in [0.717, 1.165) is 19.3 Å². The third kappa shape index (κ3) is 3.10. The summed E-state index contributed by atoms with van der Waals surface area (Å²) in [7, 11) is -3.37. The largest absolute Gasteiger partial charge is 0.252 e. The molecule has 0 aliphatic carbocycles. The standard InChI is InChI=1S/C11H15BrClNO2S2/c1-8-3-2-5-14(6-4-8)18(15,16)10-7-9(13)11(12)17-10/h7-8H,2-6H2,1H3. The predicted octanol–water partition coefficient (Wildman–Crippen LogP) is 3.97. The average Bonchev–Trinajstić information content (AvgIpc) is 2.52. The lowest BCUT2D eigenvalue weighted by Gasteiger charge is -2.18. The second kappa shape index (κ2) is 5.79. The molecule has 1 fully saturated rings. The Labute approximate surface area is 125 Å². The first-order chi connectivity index (χ1) is 8.41. The van der Waals surface area contributed by atoms with Crippen LogP contribution in [0, 0.1) is 5.92 Å². The lowest BCUT2D eigenvalue weighted by Crippen LogP contribution is -2.31. The molecule has 0 saturated carbocycles. The van der Waals surface area contributed by atoms with Gasteiger partial charge in [0.1, 0.15) is 4.21 Å². The molecule has 1 atom stereocenters. The molecular formula is C11H15BrClNO2S2. The van der Waals surface area contributed by atoms with Crippen molar-refractivity contribution in [2.45, 2.75) is 30.4 Å². The number of halogens is 2. The van der Waals surface area contributed by atoms with Crippen LogP contribution in [0.15, 0.2) is 14.1 Å². The highest BCUT2D eigenvalue weighted by atomic mass is 79.9. The summed E-state index contributed by atoms with van der Waals surface area (Å²) >= 11 is 10.3. The Morgan fingerprint density at radius 2 is 2.17 bits per heavy atom. The molecule has 1 aliphatic rings. The number of nitrogens with zero attached hydrogens (tertiary/aromatic N) is 1. The highest BCUT2D eigenvalue weighted by Crippen LogP contribution is 2.36. The molecule has 2 heterocycles. The Morgan fingerprint density at radius 1 is 1.44 bits per heavy atom. The van der Waals surface area contributed by atoms with E-state index >= 15 is 0 Å². The fraction of sp³-hybridized carbons (Fsp3) is 0.636. The van der Waals surface area contributed by atoms with Crippen molar-refractivity contribution in [2.24, 2.45) is 5.92 Å². The molecule has 1 aliphatic heterocycles. The molecule has 0 aromatic carbocycles. The van der Waals surface area contributed by atoms with Crippen LogP contribution in [-0.4, -0.2) is 25.8 Å². The molecule has 1 saturated heterocycles. The van der Waals surface area contributed by atoms with Gasteiger partial charge in [-0.15, -0.1) is 11.3 Å². The van der Waals surface area contributed by atoms with Crippen LogP contribution in [0.2, 0.25) is 5.02 Å². The minimum Gasteiger partial charge on any atom is -0.206 e. The Morgan fingerprint density at radius 3 is 2.78 bits per heavy atom. The van der Waals surface area contributed by atoms with Gasteiger partial charge in [0.2, 0.25) is 0 Å². The maximum atomic E-state index is 12.5. The average molecular weight is 373 g/mol. The highest BCUT2D eigenvalue weighted by molar-refractivity contribution is 9.11. The van der Waals surface area contributed by atoms with Gasteiger partial charge in [-0.25, -0.2) is 8.42 Å². The van der Waals surface area contributed by atoms with Gasteiger partial charge < -0.3 is 0 Å². The van der Waals surface area contributed by atoms with Gasteiger partial charge in [0.15, 0.2) is 0 Å². The van der Waals surface area contributed by atoms with Crippen LogP contribution in [0.4, 0.5) is 0 Å². The van der Waals surface area contributed by atoms with Crippen LogP contribution in [0.1, 0.15) is 26.2 Å². The van der Waals surface area contributed by atoms with Gasteiger partial charge in [-0.05, 0) is 47.2 Å². The minimum atomic E-state index is -3.37. The normalized spacial score (nSPS) is 22.9. The molecule has 0 amide bonds. The van der Waals surface area contributed by atoms with E-state index in [9.17, 15) is 8.42 Å². The Bertz CT molecular complexity index is 510. The summed E-state index contributed by atoms with van der Waals surface area (Å²) in [6.07, 6.45) is 2.96. The summed E-state index contributed by atoms with van der Waals surface area (Å²) in [6, 6.07) is 1.53. The quantitative estimate of drug-likeness (QED) is 0.787. The number of hydrogen-bond donors (Lipinski definition) is 0. The van der Waals surface area contributed by atoms with Crippen LogP contribution in [0.3, 0.4) is 0 Å². The number of rotatable bonds is 2. The zero-order valence-electron chi connectivity index (χ0n) is 10.0. The van der Waals surface area contributed by atoms with Crippen LogP contribution >= 0.6 is 38.9 Å². The molecular weight excluding hydrogens is 358 g/mol. The van der Waals surface area contributed by atoms with Crippen molar-refractivity contribution < 1.29 is 8.42 Å². The molecule has 0 N–H and O–H groups in total. The first-order valence-electron chi connectivity index (χ1n) is 5.86. The fourth-order valence-electron chi connectivity index (χ4n) is 2.06. The summed E-state index contributed by atoms with van der Waals surface area (Å²) in [5, 5.41) is 0.460. The zero-order valence-corrected chi connectivity index (χ0v) is 14.0. The summed E-state index contributed by atoms with van der Waals surface area (Å²) in [6.45, 7) is 3.39. The van der Waals surface area contributed by atoms with Gasteiger partial charge in [-0.1, -0.05) is 18.5 Å². The van der Waals surface area contributed by atoms with Gasteiger partial charge >= 0.3 is 0 Å². The molecule has 18 heavy (non-hydrogen) atoms. The zero-order chi connectivity index (χ0) is 13.3. The topological polar surface area (TPSA) is 37.4 Å². The summed E-state index contributed by atoms with van der Waals surface area (Å²) in [4.78, 5) is 0. The van der Waals surface area contributed by atoms with Crippen LogP contribution in [0.25, 0.3) is 0 Å². The first kappa shape index (κ1) is 14.8. The van der Waals surface area contributed by atoms with Crippen molar-refractivity contribution in [1.29, 1.82) is 0 Å². The van der Waals surface area contributed by atoms with Crippen LogP contribution in [0.5, 0.6) is 0 Å². The third-order valence-corrected chi connectivity index (χ3v) is 8.01. The monoisotopic (exact) mass is 371 g/mol. The number of thiophene rings is 1. The van der Waals surface area contributed by atoms with E-state index in [2.05, 4.69) is 22.9 Å². The summed E-state index contributed by atoms with van der Waals surface area (Å²) in [5.74, 6) is 0.601. The first-order valence-corrected chi connectivity index (χ1v) is 9.29. The maximum absolute atomic E-state index is 12.5. The SMILES string of the molecule is CC1CCCN(S(=O)(=O)c2cc(Cl)c(Br)s2)CC1. The van der Waals surface area contributed by atoms with E-state index in [1.807, 2.05) is 0 Å². The minimum absolute atomic E-state index is 0.328. The summed E-state index contributed by atoms with van der Waals surface area (Å²) < 4.78 is 27.5. The molecule has 2 rings (SSSR count). The van der Waals surface area contributed by atoms with Gasteiger partial charge in [0.05, 0.1) is 8.81 Å². The molecule has 7 heteroatoms. The van der Waals surface area contributed by atoms with E-state index in [4.69, 9.17) is 11.6 Å². The third-order valence-electron chi connectivity index (χ3n) is 3.19. The van der Waals surface area contributed by atoms with Gasteiger partial charge in [0, 0.05) is 13.1 Å². The van der Waals surface area contributed by atoms with Crippen LogP contribution < -0.4 is 0 Å². The Hall–Kier alpha value is 0.380. The second-order valence-electron chi connectivity index (χ2n) is 4.63. The van der Waals surface area contributed by atoms with E-state index in [1.54, 1.807) is 4.31 Å². The van der Waals surface area contributed by atoms with E-state index in [1.165, 1.54) is 17.4 Å². The maximum Gasteiger partial charge on any atom is 0.252 e. The molecule has 102 valence electrons. The highest BCUT2D eigenvalue weighted by Gasteiger charge is 2.28. The van der Waals surface area contributed by atoms with Crippen molar-refractivity contribution in [3.8, 4) is 0 Å². The second-order valence-corrected chi connectivity index (χ2v) is 9.57. The summed E-state index contributed by atoms with van der Waals surface area (Å²) in [5.41, 5.74) is 0. The lowest BCUT2D eigenvalue weighted by molar-refractivity contribution is 0.418. The Balaban J connectivity index is 2.25. The predicted molar refractivity (Wildman–Crippen MR) is 78.8 cm³/mol. The van der Waals surface area contributed by atoms with Crippen molar-refractivity contribution >= 4 is 48.9 Å². The van der Waals surface area contributed by atoms with E-state index in [-0.39, 0.29) is 0 Å². The molecule has 1 aromatic rings. The van der Waals surface area contributed by atoms with Crippen LogP contribution in [-0.2, 0) is 10.0 Å². The number of sulfonamides is 1. The smallest absolute Gasteiger partial charge is 0.206 e. The molecule has 1 aromatic heterocycles.